The lowest BCUT2D eigenvalue weighted by molar-refractivity contribution is -0.120. The van der Waals surface area contributed by atoms with Crippen molar-refractivity contribution in [2.45, 2.75) is 27.7 Å². The van der Waals surface area contributed by atoms with Gasteiger partial charge in [0.2, 0.25) is 0 Å². The van der Waals surface area contributed by atoms with Gasteiger partial charge in [-0.3, -0.25) is 9.59 Å². The van der Waals surface area contributed by atoms with Crippen LogP contribution in [0.4, 0.5) is 11.4 Å². The van der Waals surface area contributed by atoms with Crippen molar-refractivity contribution in [1.82, 2.24) is 0 Å². The second-order valence-electron chi connectivity index (χ2n) is 8.54. The maximum Gasteiger partial charge on any atom is 0.335 e. The fraction of sp³-hybridized carbons (Fsp3) is 0.296. The van der Waals surface area contributed by atoms with Crippen LogP contribution >= 0.6 is 0 Å². The molecule has 2 atom stereocenters. The Kier molecular flexibility index (Phi) is 8.30. The van der Waals surface area contributed by atoms with E-state index >= 15 is 0 Å². The lowest BCUT2D eigenvalue weighted by atomic mass is 9.90. The number of carbonyl (C=O) groups is 3. The van der Waals surface area contributed by atoms with Gasteiger partial charge in [0.05, 0.1) is 16.9 Å². The molecule has 0 aliphatic heterocycles. The van der Waals surface area contributed by atoms with E-state index in [-0.39, 0.29) is 42.0 Å². The third-order valence-corrected chi connectivity index (χ3v) is 6.01. The van der Waals surface area contributed by atoms with Gasteiger partial charge in [-0.1, -0.05) is 38.1 Å². The van der Waals surface area contributed by atoms with Crippen LogP contribution in [-0.2, 0) is 14.3 Å². The Labute approximate surface area is 204 Å². The number of anilines is 2. The normalized spacial score (nSPS) is 16.7. The molecule has 0 saturated heterocycles. The molecule has 35 heavy (non-hydrogen) atoms. The van der Waals surface area contributed by atoms with E-state index in [2.05, 4.69) is 23.6 Å². The molecular weight excluding hydrogens is 448 g/mol. The van der Waals surface area contributed by atoms with E-state index in [1.165, 1.54) is 18.2 Å². The average molecular weight is 479 g/mol. The van der Waals surface area contributed by atoms with Crippen LogP contribution in [0.15, 0.2) is 60.4 Å². The largest absolute Gasteiger partial charge is 0.488 e. The number of hydrogen-bond donors (Lipinski definition) is 3. The highest BCUT2D eigenvalue weighted by Gasteiger charge is 2.20. The average Bonchev–Trinajstić information content (AvgIpc) is 2.82. The summed E-state index contributed by atoms with van der Waals surface area (Å²) in [7, 11) is 0. The summed E-state index contributed by atoms with van der Waals surface area (Å²) in [6.07, 6.45) is 5.78. The zero-order valence-electron chi connectivity index (χ0n) is 20.3. The van der Waals surface area contributed by atoms with Crippen LogP contribution in [0, 0.1) is 25.7 Å². The Balaban J connectivity index is 1.67. The van der Waals surface area contributed by atoms with Crippen LogP contribution in [0.1, 0.15) is 35.3 Å². The molecule has 0 radical (unpaired) electrons. The second kappa shape index (κ2) is 11.4. The molecule has 1 aliphatic rings. The number of aromatic carboxylic acids is 1. The minimum absolute atomic E-state index is 0.0339. The Morgan fingerprint density at radius 3 is 2.34 bits per heavy atom. The SMILES string of the molecule is Cc1cccc(OCC(=O)Nc2ccc(C(=O)O)cc2NC(=O)COC2=CC=CC(C)C2C)c1C. The minimum atomic E-state index is -1.16. The van der Waals surface area contributed by atoms with Gasteiger partial charge < -0.3 is 25.2 Å². The van der Waals surface area contributed by atoms with Crippen molar-refractivity contribution >= 4 is 29.2 Å². The lowest BCUT2D eigenvalue weighted by Crippen LogP contribution is -2.24. The van der Waals surface area contributed by atoms with Crippen molar-refractivity contribution < 1.29 is 29.0 Å². The Morgan fingerprint density at radius 2 is 1.63 bits per heavy atom. The lowest BCUT2D eigenvalue weighted by Gasteiger charge is -2.23. The molecule has 0 heterocycles. The zero-order chi connectivity index (χ0) is 25.5. The summed E-state index contributed by atoms with van der Waals surface area (Å²) in [5, 5.41) is 14.7. The maximum atomic E-state index is 12.6. The van der Waals surface area contributed by atoms with Crippen molar-refractivity contribution in [1.29, 1.82) is 0 Å². The fourth-order valence-electron chi connectivity index (χ4n) is 3.52. The molecule has 0 bridgehead atoms. The van der Waals surface area contributed by atoms with Crippen LogP contribution in [0.25, 0.3) is 0 Å². The quantitative estimate of drug-likeness (QED) is 0.481. The van der Waals surface area contributed by atoms with E-state index in [4.69, 9.17) is 9.47 Å². The van der Waals surface area contributed by atoms with E-state index < -0.39 is 17.8 Å². The van der Waals surface area contributed by atoms with Crippen molar-refractivity contribution in [2.75, 3.05) is 23.8 Å². The highest BCUT2D eigenvalue weighted by Crippen LogP contribution is 2.27. The van der Waals surface area contributed by atoms with Gasteiger partial charge in [0.15, 0.2) is 13.2 Å². The minimum Gasteiger partial charge on any atom is -0.488 e. The van der Waals surface area contributed by atoms with Crippen LogP contribution in [0.5, 0.6) is 5.75 Å². The van der Waals surface area contributed by atoms with Gasteiger partial charge >= 0.3 is 5.97 Å². The molecule has 0 fully saturated rings. The van der Waals surface area contributed by atoms with Crippen molar-refractivity contribution in [3.8, 4) is 5.75 Å². The number of aryl methyl sites for hydroxylation is 1. The van der Waals surface area contributed by atoms with E-state index in [0.29, 0.717) is 11.5 Å². The monoisotopic (exact) mass is 478 g/mol. The summed E-state index contributed by atoms with van der Waals surface area (Å²) in [6, 6.07) is 9.63. The summed E-state index contributed by atoms with van der Waals surface area (Å²) >= 11 is 0. The molecule has 3 N–H and O–H groups in total. The smallest absolute Gasteiger partial charge is 0.335 e. The van der Waals surface area contributed by atoms with E-state index in [1.54, 1.807) is 6.07 Å². The van der Waals surface area contributed by atoms with Gasteiger partial charge in [0, 0.05) is 5.92 Å². The van der Waals surface area contributed by atoms with E-state index in [9.17, 15) is 19.5 Å². The molecule has 184 valence electrons. The van der Waals surface area contributed by atoms with Gasteiger partial charge in [-0.25, -0.2) is 4.79 Å². The van der Waals surface area contributed by atoms with Crippen molar-refractivity contribution in [2.24, 2.45) is 11.8 Å². The number of amides is 2. The van der Waals surface area contributed by atoms with Gasteiger partial charge in [-0.05, 0) is 61.2 Å². The molecule has 8 nitrogen and oxygen atoms in total. The first-order valence-electron chi connectivity index (χ1n) is 11.3. The standard InChI is InChI=1S/C27H30N2O6/c1-16-7-5-9-23(18(16)3)34-14-25(30)28-21-12-11-20(27(32)33)13-22(21)29-26(31)15-35-24-10-6-8-17(2)19(24)4/h5-13,17,19H,14-15H2,1-4H3,(H,28,30)(H,29,31)(H,32,33). The first-order valence-corrected chi connectivity index (χ1v) is 11.3. The third kappa shape index (κ3) is 6.72. The van der Waals surface area contributed by atoms with Crippen molar-refractivity contribution in [3.63, 3.8) is 0 Å². The predicted molar refractivity (Wildman–Crippen MR) is 134 cm³/mol. The summed E-state index contributed by atoms with van der Waals surface area (Å²) < 4.78 is 11.3. The number of carboxylic acid groups (broad SMARTS) is 1. The first-order chi connectivity index (χ1) is 16.7. The molecule has 2 unspecified atom stereocenters. The number of carboxylic acids is 1. The molecule has 2 aromatic rings. The molecule has 1 aliphatic carbocycles. The zero-order valence-corrected chi connectivity index (χ0v) is 20.3. The number of benzene rings is 2. The number of ether oxygens (including phenoxy) is 2. The number of hydrogen-bond acceptors (Lipinski definition) is 5. The fourth-order valence-corrected chi connectivity index (χ4v) is 3.52. The highest BCUT2D eigenvalue weighted by atomic mass is 16.5. The van der Waals surface area contributed by atoms with Crippen LogP contribution < -0.4 is 15.4 Å². The van der Waals surface area contributed by atoms with Gasteiger partial charge in [-0.15, -0.1) is 0 Å². The number of nitrogens with one attached hydrogen (secondary N) is 2. The van der Waals surface area contributed by atoms with Gasteiger partial charge in [-0.2, -0.15) is 0 Å². The molecule has 2 amide bonds. The predicted octanol–water partition coefficient (Wildman–Crippen LogP) is 4.70. The summed E-state index contributed by atoms with van der Waals surface area (Å²) in [4.78, 5) is 36.5. The Morgan fingerprint density at radius 1 is 0.943 bits per heavy atom. The molecule has 0 aromatic heterocycles. The number of carbonyl (C=O) groups excluding carboxylic acids is 2. The molecule has 2 aromatic carbocycles. The number of allylic oxidation sites excluding steroid dienone is 4. The van der Waals surface area contributed by atoms with Crippen molar-refractivity contribution in [3.05, 3.63) is 77.1 Å². The Hall–Kier alpha value is -4.07. The van der Waals surface area contributed by atoms with E-state index in [1.807, 2.05) is 45.1 Å². The molecule has 0 spiro atoms. The molecular formula is C27H30N2O6. The topological polar surface area (TPSA) is 114 Å². The summed E-state index contributed by atoms with van der Waals surface area (Å²) in [5.41, 5.74) is 2.35. The maximum absolute atomic E-state index is 12.6. The molecule has 3 rings (SSSR count). The molecule has 0 saturated carbocycles. The first kappa shape index (κ1) is 25.6. The van der Waals surface area contributed by atoms with Crippen LogP contribution in [0.3, 0.4) is 0 Å². The third-order valence-electron chi connectivity index (χ3n) is 6.01. The summed E-state index contributed by atoms with van der Waals surface area (Å²) in [6.45, 7) is 7.43. The van der Waals surface area contributed by atoms with Crippen LogP contribution in [0.2, 0.25) is 0 Å². The van der Waals surface area contributed by atoms with E-state index in [0.717, 1.165) is 11.1 Å². The molecule has 8 heteroatoms. The summed E-state index contributed by atoms with van der Waals surface area (Å²) in [5.74, 6) is -0.371. The highest BCUT2D eigenvalue weighted by molar-refractivity contribution is 6.02. The number of rotatable bonds is 9. The second-order valence-corrected chi connectivity index (χ2v) is 8.54. The van der Waals surface area contributed by atoms with Gasteiger partial charge in [0.25, 0.3) is 11.8 Å². The van der Waals surface area contributed by atoms with Gasteiger partial charge in [0.1, 0.15) is 11.5 Å². The Bertz CT molecular complexity index is 1180. The van der Waals surface area contributed by atoms with Crippen LogP contribution in [-0.4, -0.2) is 36.1 Å².